The maximum Gasteiger partial charge on any atom is 0.407 e. The summed E-state index contributed by atoms with van der Waals surface area (Å²) in [4.78, 5) is 23.1. The fourth-order valence-electron chi connectivity index (χ4n) is 2.41. The van der Waals surface area contributed by atoms with Crippen molar-refractivity contribution in [2.45, 2.75) is 70.9 Å². The number of amides is 1. The topological polar surface area (TPSA) is 75.6 Å². The second-order valence-electron chi connectivity index (χ2n) is 6.19. The Bertz CT molecular complexity index is 322. The van der Waals surface area contributed by atoms with E-state index in [-0.39, 0.29) is 6.04 Å². The van der Waals surface area contributed by atoms with Crippen LogP contribution in [0.15, 0.2) is 0 Å². The van der Waals surface area contributed by atoms with Crippen molar-refractivity contribution < 1.29 is 19.4 Å². The Morgan fingerprint density at radius 2 is 1.68 bits per heavy atom. The van der Waals surface area contributed by atoms with E-state index in [9.17, 15) is 14.7 Å². The molecule has 0 unspecified atom stereocenters. The standard InChI is InChI=1S/C14H25NO4/c1-14(2,3)19-13(18)15-11-9-7-5-4-6-8-10(11)12(16)17/h10-11H,4-9H2,1-3H3,(H,15,18)(H,16,17)/t10-,11-/m1/s1. The second-order valence-corrected chi connectivity index (χ2v) is 6.19. The summed E-state index contributed by atoms with van der Waals surface area (Å²) >= 11 is 0. The van der Waals surface area contributed by atoms with E-state index >= 15 is 0 Å². The first-order valence-corrected chi connectivity index (χ1v) is 7.02. The molecule has 0 aromatic rings. The van der Waals surface area contributed by atoms with E-state index in [4.69, 9.17) is 4.74 Å². The molecule has 2 N–H and O–H groups in total. The molecule has 1 aliphatic carbocycles. The fraction of sp³-hybridized carbons (Fsp3) is 0.857. The zero-order valence-corrected chi connectivity index (χ0v) is 12.1. The van der Waals surface area contributed by atoms with Gasteiger partial charge in [-0.3, -0.25) is 4.79 Å². The smallest absolute Gasteiger partial charge is 0.407 e. The van der Waals surface area contributed by atoms with Gasteiger partial charge < -0.3 is 15.2 Å². The Hall–Kier alpha value is -1.26. The van der Waals surface area contributed by atoms with E-state index in [1.54, 1.807) is 20.8 Å². The molecule has 0 radical (unpaired) electrons. The molecule has 0 spiro atoms. The van der Waals surface area contributed by atoms with E-state index in [1.807, 2.05) is 0 Å². The van der Waals surface area contributed by atoms with Crippen LogP contribution in [-0.4, -0.2) is 28.8 Å². The predicted molar refractivity (Wildman–Crippen MR) is 72.0 cm³/mol. The van der Waals surface area contributed by atoms with E-state index in [2.05, 4.69) is 5.32 Å². The largest absolute Gasteiger partial charge is 0.481 e. The average molecular weight is 271 g/mol. The van der Waals surface area contributed by atoms with Crippen LogP contribution < -0.4 is 5.32 Å². The lowest BCUT2D eigenvalue weighted by Crippen LogP contribution is -2.45. The Labute approximate surface area is 114 Å². The zero-order valence-electron chi connectivity index (χ0n) is 12.1. The highest BCUT2D eigenvalue weighted by Gasteiger charge is 2.31. The van der Waals surface area contributed by atoms with Crippen LogP contribution in [0.3, 0.4) is 0 Å². The number of carboxylic acids is 1. The molecule has 19 heavy (non-hydrogen) atoms. The Kier molecular flexibility index (Phi) is 5.63. The number of alkyl carbamates (subject to hydrolysis) is 1. The summed E-state index contributed by atoms with van der Waals surface area (Å²) in [6.07, 6.45) is 4.82. The first-order chi connectivity index (χ1) is 8.79. The first kappa shape index (κ1) is 15.8. The van der Waals surface area contributed by atoms with Gasteiger partial charge in [-0.15, -0.1) is 0 Å². The summed E-state index contributed by atoms with van der Waals surface area (Å²) in [5, 5.41) is 12.0. The van der Waals surface area contributed by atoms with Gasteiger partial charge in [0.25, 0.3) is 0 Å². The lowest BCUT2D eigenvalue weighted by molar-refractivity contribution is -0.143. The van der Waals surface area contributed by atoms with Crippen molar-refractivity contribution in [2.75, 3.05) is 0 Å². The number of carbonyl (C=O) groups is 2. The Morgan fingerprint density at radius 1 is 1.11 bits per heavy atom. The number of carbonyl (C=O) groups excluding carboxylic acids is 1. The summed E-state index contributed by atoms with van der Waals surface area (Å²) in [7, 11) is 0. The highest BCUT2D eigenvalue weighted by molar-refractivity contribution is 5.73. The van der Waals surface area contributed by atoms with E-state index in [1.165, 1.54) is 0 Å². The molecule has 0 saturated heterocycles. The molecule has 0 aromatic carbocycles. The van der Waals surface area contributed by atoms with Gasteiger partial charge in [0.15, 0.2) is 0 Å². The van der Waals surface area contributed by atoms with E-state index in [0.29, 0.717) is 12.8 Å². The Morgan fingerprint density at radius 3 is 2.21 bits per heavy atom. The molecule has 0 heterocycles. The van der Waals surface area contributed by atoms with Crippen molar-refractivity contribution in [1.82, 2.24) is 5.32 Å². The van der Waals surface area contributed by atoms with Gasteiger partial charge in [-0.1, -0.05) is 25.7 Å². The molecule has 0 bridgehead atoms. The minimum absolute atomic E-state index is 0.326. The maximum atomic E-state index is 11.8. The third-order valence-electron chi connectivity index (χ3n) is 3.29. The number of nitrogens with one attached hydrogen (secondary N) is 1. The molecule has 2 atom stereocenters. The number of ether oxygens (including phenoxy) is 1. The zero-order chi connectivity index (χ0) is 14.5. The molecule has 5 heteroatoms. The number of hydrogen-bond donors (Lipinski definition) is 2. The van der Waals surface area contributed by atoms with E-state index < -0.39 is 23.6 Å². The summed E-state index contributed by atoms with van der Waals surface area (Å²) in [5.74, 6) is -1.34. The van der Waals surface area contributed by atoms with Gasteiger partial charge in [0.05, 0.1) is 5.92 Å². The molecule has 0 aromatic heterocycles. The third-order valence-corrected chi connectivity index (χ3v) is 3.29. The Balaban J connectivity index is 2.63. The van der Waals surface area contributed by atoms with Crippen LogP contribution in [0.1, 0.15) is 59.3 Å². The summed E-state index contributed by atoms with van der Waals surface area (Å²) in [5.41, 5.74) is -0.565. The van der Waals surface area contributed by atoms with Crippen molar-refractivity contribution in [3.63, 3.8) is 0 Å². The molecular formula is C14H25NO4. The van der Waals surface area contributed by atoms with Gasteiger partial charge in [0, 0.05) is 6.04 Å². The molecule has 1 amide bonds. The van der Waals surface area contributed by atoms with Gasteiger partial charge in [0.1, 0.15) is 5.60 Å². The molecule has 110 valence electrons. The number of aliphatic carboxylic acids is 1. The van der Waals surface area contributed by atoms with Crippen molar-refractivity contribution in [3.05, 3.63) is 0 Å². The lowest BCUT2D eigenvalue weighted by atomic mass is 9.87. The van der Waals surface area contributed by atoms with Crippen LogP contribution in [0.5, 0.6) is 0 Å². The summed E-state index contributed by atoms with van der Waals surface area (Å²) in [6, 6.07) is -0.326. The minimum Gasteiger partial charge on any atom is -0.481 e. The van der Waals surface area contributed by atoms with Crippen LogP contribution in [0.2, 0.25) is 0 Å². The van der Waals surface area contributed by atoms with Crippen molar-refractivity contribution in [1.29, 1.82) is 0 Å². The SMILES string of the molecule is CC(C)(C)OC(=O)N[C@@H]1CCCCCC[C@H]1C(=O)O. The predicted octanol–water partition coefficient (Wildman–Crippen LogP) is 2.93. The number of carboxylic acid groups (broad SMARTS) is 1. The van der Waals surface area contributed by atoms with Crippen LogP contribution >= 0.6 is 0 Å². The van der Waals surface area contributed by atoms with Gasteiger partial charge in [-0.2, -0.15) is 0 Å². The van der Waals surface area contributed by atoms with Gasteiger partial charge in [-0.05, 0) is 33.6 Å². The molecule has 1 saturated carbocycles. The third kappa shape index (κ3) is 5.94. The minimum atomic E-state index is -0.831. The molecular weight excluding hydrogens is 246 g/mol. The lowest BCUT2D eigenvalue weighted by Gasteiger charge is -2.28. The van der Waals surface area contributed by atoms with Crippen LogP contribution in [0.25, 0.3) is 0 Å². The van der Waals surface area contributed by atoms with Crippen LogP contribution in [-0.2, 0) is 9.53 Å². The van der Waals surface area contributed by atoms with Crippen molar-refractivity contribution in [2.24, 2.45) is 5.92 Å². The normalized spacial score (nSPS) is 25.0. The molecule has 0 aliphatic heterocycles. The fourth-order valence-corrected chi connectivity index (χ4v) is 2.41. The van der Waals surface area contributed by atoms with Crippen LogP contribution in [0.4, 0.5) is 4.79 Å². The van der Waals surface area contributed by atoms with Crippen molar-refractivity contribution in [3.8, 4) is 0 Å². The van der Waals surface area contributed by atoms with Crippen LogP contribution in [0, 0.1) is 5.92 Å². The molecule has 1 aliphatic rings. The summed E-state index contributed by atoms with van der Waals surface area (Å²) < 4.78 is 5.20. The molecule has 1 fully saturated rings. The summed E-state index contributed by atoms with van der Waals surface area (Å²) in [6.45, 7) is 5.37. The highest BCUT2D eigenvalue weighted by atomic mass is 16.6. The average Bonchev–Trinajstić information content (AvgIpc) is 2.18. The van der Waals surface area contributed by atoms with E-state index in [0.717, 1.165) is 25.7 Å². The second kappa shape index (κ2) is 6.78. The highest BCUT2D eigenvalue weighted by Crippen LogP contribution is 2.23. The number of hydrogen-bond acceptors (Lipinski definition) is 3. The molecule has 5 nitrogen and oxygen atoms in total. The number of rotatable bonds is 2. The monoisotopic (exact) mass is 271 g/mol. The maximum absolute atomic E-state index is 11.8. The van der Waals surface area contributed by atoms with Gasteiger partial charge in [-0.25, -0.2) is 4.79 Å². The van der Waals surface area contributed by atoms with Crippen molar-refractivity contribution >= 4 is 12.1 Å². The molecule has 1 rings (SSSR count). The van der Waals surface area contributed by atoms with Gasteiger partial charge >= 0.3 is 12.1 Å². The first-order valence-electron chi connectivity index (χ1n) is 7.02. The van der Waals surface area contributed by atoms with Gasteiger partial charge in [0.2, 0.25) is 0 Å². The quantitative estimate of drug-likeness (QED) is 0.809.